The van der Waals surface area contributed by atoms with Crippen molar-refractivity contribution in [3.8, 4) is 0 Å². The summed E-state index contributed by atoms with van der Waals surface area (Å²) in [4.78, 5) is 5.01. The van der Waals surface area contributed by atoms with Crippen LogP contribution in [0.1, 0.15) is 37.3 Å². The molecule has 1 aromatic carbocycles. The largest absolute Gasteiger partial charge is 0.323 e. The lowest BCUT2D eigenvalue weighted by Crippen LogP contribution is -2.51. The van der Waals surface area contributed by atoms with E-state index in [1.54, 1.807) is 12.1 Å². The number of hydrogen-bond donors (Lipinski definition) is 1. The quantitative estimate of drug-likeness (QED) is 0.924. The van der Waals surface area contributed by atoms with Crippen LogP contribution in [0.4, 0.5) is 4.39 Å². The molecule has 2 N–H and O–H groups in total. The predicted octanol–water partition coefficient (Wildman–Crippen LogP) is 2.39. The molecule has 1 saturated heterocycles. The Bertz CT molecular complexity index is 451. The van der Waals surface area contributed by atoms with Crippen molar-refractivity contribution in [2.24, 2.45) is 5.73 Å². The number of hydrogen-bond acceptors (Lipinski definition) is 3. The third-order valence-electron chi connectivity index (χ3n) is 5.01. The molecule has 1 aliphatic heterocycles. The van der Waals surface area contributed by atoms with Crippen molar-refractivity contribution in [2.45, 2.75) is 37.8 Å². The molecule has 0 radical (unpaired) electrons. The van der Waals surface area contributed by atoms with Gasteiger partial charge in [-0.05, 0) is 18.9 Å². The molecule has 2 aliphatic rings. The lowest BCUT2D eigenvalue weighted by atomic mass is 10.1. The van der Waals surface area contributed by atoms with E-state index in [4.69, 9.17) is 5.73 Å². The molecule has 3 rings (SSSR count). The minimum absolute atomic E-state index is 0.186. The molecular weight excluding hydrogens is 265 g/mol. The number of benzene rings is 1. The molecule has 1 atom stereocenters. The molecule has 0 bridgehead atoms. The highest BCUT2D eigenvalue weighted by Gasteiger charge is 2.26. The van der Waals surface area contributed by atoms with Gasteiger partial charge in [0.25, 0.3) is 0 Å². The third-order valence-corrected chi connectivity index (χ3v) is 5.01. The van der Waals surface area contributed by atoms with Gasteiger partial charge in [-0.15, -0.1) is 0 Å². The van der Waals surface area contributed by atoms with Crippen molar-refractivity contribution in [3.63, 3.8) is 0 Å². The number of nitrogens with two attached hydrogens (primary N) is 1. The van der Waals surface area contributed by atoms with Crippen LogP contribution in [-0.2, 0) is 0 Å². The predicted molar refractivity (Wildman–Crippen MR) is 83.6 cm³/mol. The molecule has 1 aromatic rings. The van der Waals surface area contributed by atoms with Gasteiger partial charge in [0.15, 0.2) is 0 Å². The monoisotopic (exact) mass is 291 g/mol. The maximum atomic E-state index is 13.8. The zero-order valence-corrected chi connectivity index (χ0v) is 12.7. The molecule has 3 nitrogen and oxygen atoms in total. The lowest BCUT2D eigenvalue weighted by Gasteiger charge is -2.38. The van der Waals surface area contributed by atoms with Gasteiger partial charge in [0.05, 0.1) is 0 Å². The van der Waals surface area contributed by atoms with Crippen LogP contribution in [0.3, 0.4) is 0 Å². The Balaban J connectivity index is 1.50. The first-order chi connectivity index (χ1) is 10.2. The van der Waals surface area contributed by atoms with Gasteiger partial charge in [0.2, 0.25) is 0 Å². The Hall–Kier alpha value is -0.970. The zero-order chi connectivity index (χ0) is 14.7. The SMILES string of the molecule is NC(CN1CCN(C2CCCC2)CC1)c1ccccc1F. The minimum atomic E-state index is -0.232. The summed E-state index contributed by atoms with van der Waals surface area (Å²) >= 11 is 0. The van der Waals surface area contributed by atoms with Crippen molar-refractivity contribution in [1.29, 1.82) is 0 Å². The number of halogens is 1. The highest BCUT2D eigenvalue weighted by atomic mass is 19.1. The second-order valence-electron chi connectivity index (χ2n) is 6.40. The van der Waals surface area contributed by atoms with Crippen molar-refractivity contribution in [1.82, 2.24) is 9.80 Å². The summed E-state index contributed by atoms with van der Waals surface area (Å²) in [6.07, 6.45) is 5.52. The summed E-state index contributed by atoms with van der Waals surface area (Å²) < 4.78 is 13.8. The highest BCUT2D eigenvalue weighted by molar-refractivity contribution is 5.21. The Morgan fingerprint density at radius 1 is 1.10 bits per heavy atom. The molecular formula is C17H26FN3. The Labute approximate surface area is 126 Å². The van der Waals surface area contributed by atoms with Crippen LogP contribution < -0.4 is 5.73 Å². The molecule has 0 aromatic heterocycles. The van der Waals surface area contributed by atoms with Crippen LogP contribution in [0.15, 0.2) is 24.3 Å². The van der Waals surface area contributed by atoms with Crippen molar-refractivity contribution in [2.75, 3.05) is 32.7 Å². The molecule has 0 amide bonds. The van der Waals surface area contributed by atoms with E-state index in [9.17, 15) is 4.39 Å². The fraction of sp³-hybridized carbons (Fsp3) is 0.647. The molecule has 0 spiro atoms. The van der Waals surface area contributed by atoms with E-state index in [-0.39, 0.29) is 11.9 Å². The second-order valence-corrected chi connectivity index (χ2v) is 6.40. The molecule has 1 saturated carbocycles. The normalized spacial score (nSPS) is 23.5. The van der Waals surface area contributed by atoms with Gasteiger partial charge in [-0.25, -0.2) is 4.39 Å². The summed E-state index contributed by atoms with van der Waals surface area (Å²) in [5, 5.41) is 0. The van der Waals surface area contributed by atoms with Crippen LogP contribution in [0.5, 0.6) is 0 Å². The van der Waals surface area contributed by atoms with E-state index in [2.05, 4.69) is 9.80 Å². The molecule has 2 fully saturated rings. The van der Waals surface area contributed by atoms with Crippen molar-refractivity contribution >= 4 is 0 Å². The topological polar surface area (TPSA) is 32.5 Å². The average molecular weight is 291 g/mol. The first-order valence-corrected chi connectivity index (χ1v) is 8.20. The Kier molecular flexibility index (Phi) is 4.88. The van der Waals surface area contributed by atoms with E-state index < -0.39 is 0 Å². The van der Waals surface area contributed by atoms with E-state index in [0.29, 0.717) is 5.56 Å². The molecule has 4 heteroatoms. The summed E-state index contributed by atoms with van der Waals surface area (Å²) in [5.74, 6) is -0.186. The van der Waals surface area contributed by atoms with Crippen LogP contribution in [-0.4, -0.2) is 48.6 Å². The summed E-state index contributed by atoms with van der Waals surface area (Å²) in [5.41, 5.74) is 6.82. The Morgan fingerprint density at radius 2 is 1.76 bits per heavy atom. The number of piperazine rings is 1. The fourth-order valence-corrected chi connectivity index (χ4v) is 3.73. The van der Waals surface area contributed by atoms with Gasteiger partial charge in [0.1, 0.15) is 5.82 Å². The van der Waals surface area contributed by atoms with E-state index in [1.165, 1.54) is 31.7 Å². The second kappa shape index (κ2) is 6.86. The summed E-state index contributed by atoms with van der Waals surface area (Å²) in [6.45, 7) is 5.13. The average Bonchev–Trinajstić information content (AvgIpc) is 3.02. The highest BCUT2D eigenvalue weighted by Crippen LogP contribution is 2.24. The van der Waals surface area contributed by atoms with E-state index in [0.717, 1.165) is 38.8 Å². The maximum Gasteiger partial charge on any atom is 0.128 e. The van der Waals surface area contributed by atoms with Gasteiger partial charge >= 0.3 is 0 Å². The van der Waals surface area contributed by atoms with Gasteiger partial charge in [0, 0.05) is 50.4 Å². The molecule has 21 heavy (non-hydrogen) atoms. The van der Waals surface area contributed by atoms with Crippen molar-refractivity contribution in [3.05, 3.63) is 35.6 Å². The van der Waals surface area contributed by atoms with Crippen LogP contribution in [0.2, 0.25) is 0 Å². The number of nitrogens with zero attached hydrogens (tertiary/aromatic N) is 2. The minimum Gasteiger partial charge on any atom is -0.323 e. The van der Waals surface area contributed by atoms with E-state index >= 15 is 0 Å². The van der Waals surface area contributed by atoms with Gasteiger partial charge in [-0.3, -0.25) is 9.80 Å². The molecule has 116 valence electrons. The van der Waals surface area contributed by atoms with E-state index in [1.807, 2.05) is 6.07 Å². The maximum absolute atomic E-state index is 13.8. The van der Waals surface area contributed by atoms with Crippen LogP contribution in [0, 0.1) is 5.82 Å². The first kappa shape index (κ1) is 14.9. The van der Waals surface area contributed by atoms with Crippen LogP contribution >= 0.6 is 0 Å². The summed E-state index contributed by atoms with van der Waals surface area (Å²) in [7, 11) is 0. The molecule has 1 unspecified atom stereocenters. The smallest absolute Gasteiger partial charge is 0.128 e. The number of rotatable bonds is 4. The van der Waals surface area contributed by atoms with Crippen LogP contribution in [0.25, 0.3) is 0 Å². The van der Waals surface area contributed by atoms with Gasteiger partial charge in [-0.2, -0.15) is 0 Å². The molecule has 1 heterocycles. The van der Waals surface area contributed by atoms with Gasteiger partial charge < -0.3 is 5.73 Å². The third kappa shape index (κ3) is 3.62. The fourth-order valence-electron chi connectivity index (χ4n) is 3.73. The first-order valence-electron chi connectivity index (χ1n) is 8.20. The Morgan fingerprint density at radius 3 is 2.43 bits per heavy atom. The van der Waals surface area contributed by atoms with Gasteiger partial charge in [-0.1, -0.05) is 31.0 Å². The summed E-state index contributed by atoms with van der Waals surface area (Å²) in [6, 6.07) is 7.45. The lowest BCUT2D eigenvalue weighted by molar-refractivity contribution is 0.0939. The van der Waals surface area contributed by atoms with Crippen molar-refractivity contribution < 1.29 is 4.39 Å². The zero-order valence-electron chi connectivity index (χ0n) is 12.7. The molecule has 1 aliphatic carbocycles. The standard InChI is InChI=1S/C17H26FN3/c18-16-8-4-3-7-15(16)17(19)13-20-9-11-21(12-10-20)14-5-1-2-6-14/h3-4,7-8,14,17H,1-2,5-6,9-13,19H2.